The third-order valence-electron chi connectivity index (χ3n) is 4.38. The average Bonchev–Trinajstić information content (AvgIpc) is 2.44. The molecule has 1 N–H and O–H groups in total. The molecule has 2 heteroatoms. The monoisotopic (exact) mass is 275 g/mol. The summed E-state index contributed by atoms with van der Waals surface area (Å²) in [6.07, 6.45) is 5.36. The minimum Gasteiger partial charge on any atom is -0.378 e. The van der Waals surface area contributed by atoms with Crippen LogP contribution in [0, 0.1) is 5.92 Å². The lowest BCUT2D eigenvalue weighted by molar-refractivity contribution is -0.0291. The molecule has 0 bridgehead atoms. The number of ether oxygens (including phenoxy) is 1. The van der Waals surface area contributed by atoms with Gasteiger partial charge in [-0.1, -0.05) is 38.1 Å². The summed E-state index contributed by atoms with van der Waals surface area (Å²) in [6, 6.07) is 9.56. The normalized spacial score (nSPS) is 23.4. The van der Waals surface area contributed by atoms with Gasteiger partial charge in [-0.15, -0.1) is 0 Å². The van der Waals surface area contributed by atoms with E-state index in [0.717, 1.165) is 25.5 Å². The highest BCUT2D eigenvalue weighted by molar-refractivity contribution is 5.26. The molecule has 0 aliphatic heterocycles. The van der Waals surface area contributed by atoms with E-state index in [4.69, 9.17) is 4.74 Å². The molecule has 1 saturated carbocycles. The van der Waals surface area contributed by atoms with Gasteiger partial charge in [0.1, 0.15) is 0 Å². The molecule has 0 saturated heterocycles. The van der Waals surface area contributed by atoms with E-state index in [1.165, 1.54) is 30.4 Å². The molecule has 0 aromatic heterocycles. The first kappa shape index (κ1) is 15.5. The van der Waals surface area contributed by atoms with Crippen LogP contribution in [0.15, 0.2) is 24.3 Å². The predicted octanol–water partition coefficient (Wildman–Crippen LogP) is 4.10. The van der Waals surface area contributed by atoms with E-state index >= 15 is 0 Å². The lowest BCUT2D eigenvalue weighted by Gasteiger charge is -2.37. The first-order valence-electron chi connectivity index (χ1n) is 8.20. The Hall–Kier alpha value is -0.860. The Morgan fingerprint density at radius 1 is 1.25 bits per heavy atom. The van der Waals surface area contributed by atoms with Crippen molar-refractivity contribution in [2.45, 2.75) is 58.6 Å². The highest BCUT2D eigenvalue weighted by Gasteiger charge is 2.31. The number of aryl methyl sites for hydroxylation is 1. The summed E-state index contributed by atoms with van der Waals surface area (Å²) in [7, 11) is 0. The van der Waals surface area contributed by atoms with Gasteiger partial charge in [-0.25, -0.2) is 0 Å². The number of hydrogen-bond acceptors (Lipinski definition) is 2. The van der Waals surface area contributed by atoms with Crippen molar-refractivity contribution < 1.29 is 4.74 Å². The molecule has 0 spiro atoms. The summed E-state index contributed by atoms with van der Waals surface area (Å²) in [5.74, 6) is 0.820. The molecular formula is C18H29NO. The zero-order valence-electron chi connectivity index (χ0n) is 13.2. The Morgan fingerprint density at radius 2 is 2.05 bits per heavy atom. The van der Waals surface area contributed by atoms with Crippen molar-refractivity contribution in [1.82, 2.24) is 5.32 Å². The van der Waals surface area contributed by atoms with E-state index in [2.05, 4.69) is 50.4 Å². The molecule has 1 fully saturated rings. The molecular weight excluding hydrogens is 246 g/mol. The van der Waals surface area contributed by atoms with Gasteiger partial charge in [0.15, 0.2) is 0 Å². The maximum Gasteiger partial charge on any atom is 0.0580 e. The van der Waals surface area contributed by atoms with E-state index in [0.29, 0.717) is 12.1 Å². The molecule has 0 heterocycles. The van der Waals surface area contributed by atoms with E-state index in [1.54, 1.807) is 0 Å². The van der Waals surface area contributed by atoms with Crippen molar-refractivity contribution in [3.63, 3.8) is 0 Å². The van der Waals surface area contributed by atoms with Gasteiger partial charge in [0.25, 0.3) is 0 Å². The van der Waals surface area contributed by atoms with Crippen molar-refractivity contribution in [3.8, 4) is 0 Å². The van der Waals surface area contributed by atoms with Gasteiger partial charge in [0.2, 0.25) is 0 Å². The fourth-order valence-corrected chi connectivity index (χ4v) is 3.19. The summed E-state index contributed by atoms with van der Waals surface area (Å²) in [6.45, 7) is 8.39. The van der Waals surface area contributed by atoms with Crippen LogP contribution >= 0.6 is 0 Å². The first-order valence-corrected chi connectivity index (χ1v) is 8.20. The zero-order chi connectivity index (χ0) is 14.4. The van der Waals surface area contributed by atoms with Crippen molar-refractivity contribution in [1.29, 1.82) is 0 Å². The van der Waals surface area contributed by atoms with Crippen molar-refractivity contribution >= 4 is 0 Å². The standard InChI is InChI=1S/C18H29NO/c1-4-14-8-7-9-16(10-14)18(19-5-2)13-15-11-17(12-15)20-6-3/h7-10,15,17-19H,4-6,11-13H2,1-3H3. The third-order valence-corrected chi connectivity index (χ3v) is 4.38. The van der Waals surface area contributed by atoms with E-state index in [-0.39, 0.29) is 0 Å². The fraction of sp³-hybridized carbons (Fsp3) is 0.667. The second kappa shape index (κ2) is 7.80. The van der Waals surface area contributed by atoms with Crippen molar-refractivity contribution in [2.75, 3.05) is 13.2 Å². The lowest BCUT2D eigenvalue weighted by atomic mass is 9.77. The molecule has 20 heavy (non-hydrogen) atoms. The molecule has 0 radical (unpaired) electrons. The second-order valence-electron chi connectivity index (χ2n) is 5.86. The Balaban J connectivity index is 1.93. The van der Waals surface area contributed by atoms with Crippen molar-refractivity contribution in [2.24, 2.45) is 5.92 Å². The topological polar surface area (TPSA) is 21.3 Å². The van der Waals surface area contributed by atoms with E-state index in [1.807, 2.05) is 0 Å². The molecule has 1 atom stereocenters. The quantitative estimate of drug-likeness (QED) is 0.771. The Bertz CT molecular complexity index is 398. The average molecular weight is 275 g/mol. The van der Waals surface area contributed by atoms with Gasteiger partial charge >= 0.3 is 0 Å². The maximum atomic E-state index is 5.67. The summed E-state index contributed by atoms with van der Waals surface area (Å²) in [5.41, 5.74) is 2.89. The molecule has 1 unspecified atom stereocenters. The van der Waals surface area contributed by atoms with Crippen LogP contribution < -0.4 is 5.32 Å². The molecule has 0 amide bonds. The summed E-state index contributed by atoms with van der Waals surface area (Å²) < 4.78 is 5.67. The number of nitrogens with one attached hydrogen (secondary N) is 1. The minimum absolute atomic E-state index is 0.499. The number of rotatable bonds is 8. The maximum absolute atomic E-state index is 5.67. The summed E-state index contributed by atoms with van der Waals surface area (Å²) >= 11 is 0. The van der Waals surface area contributed by atoms with Gasteiger partial charge in [-0.05, 0) is 56.2 Å². The largest absolute Gasteiger partial charge is 0.378 e. The van der Waals surface area contributed by atoms with Crippen LogP contribution in [0.3, 0.4) is 0 Å². The SMILES string of the molecule is CCNC(CC1CC(OCC)C1)c1cccc(CC)c1. The van der Waals surface area contributed by atoms with Gasteiger partial charge in [0, 0.05) is 12.6 Å². The van der Waals surface area contributed by atoms with Gasteiger partial charge in [-0.3, -0.25) is 0 Å². The van der Waals surface area contributed by atoms with Crippen LogP contribution in [0.2, 0.25) is 0 Å². The van der Waals surface area contributed by atoms with E-state index in [9.17, 15) is 0 Å². The van der Waals surface area contributed by atoms with Gasteiger partial charge < -0.3 is 10.1 Å². The van der Waals surface area contributed by atoms with Crippen LogP contribution in [0.25, 0.3) is 0 Å². The van der Waals surface area contributed by atoms with E-state index < -0.39 is 0 Å². The predicted molar refractivity (Wildman–Crippen MR) is 85.0 cm³/mol. The number of benzene rings is 1. The fourth-order valence-electron chi connectivity index (χ4n) is 3.19. The van der Waals surface area contributed by atoms with Gasteiger partial charge in [0.05, 0.1) is 6.10 Å². The summed E-state index contributed by atoms with van der Waals surface area (Å²) in [4.78, 5) is 0. The molecule has 1 aliphatic carbocycles. The van der Waals surface area contributed by atoms with Gasteiger partial charge in [-0.2, -0.15) is 0 Å². The third kappa shape index (κ3) is 4.07. The summed E-state index contributed by atoms with van der Waals surface area (Å²) in [5, 5.41) is 3.66. The highest BCUT2D eigenvalue weighted by atomic mass is 16.5. The molecule has 2 nitrogen and oxygen atoms in total. The Morgan fingerprint density at radius 3 is 2.70 bits per heavy atom. The molecule has 1 aliphatic rings. The smallest absolute Gasteiger partial charge is 0.0580 e. The molecule has 1 aromatic rings. The highest BCUT2D eigenvalue weighted by Crippen LogP contribution is 2.37. The molecule has 112 valence electrons. The molecule has 2 rings (SSSR count). The van der Waals surface area contributed by atoms with Crippen LogP contribution in [0.4, 0.5) is 0 Å². The Labute approximate surface area is 123 Å². The van der Waals surface area contributed by atoms with Crippen LogP contribution in [-0.2, 0) is 11.2 Å². The first-order chi connectivity index (χ1) is 9.76. The zero-order valence-corrected chi connectivity index (χ0v) is 13.2. The van der Waals surface area contributed by atoms with Crippen LogP contribution in [-0.4, -0.2) is 19.3 Å². The lowest BCUT2D eigenvalue weighted by Crippen LogP contribution is -2.34. The second-order valence-corrected chi connectivity index (χ2v) is 5.86. The minimum atomic E-state index is 0.499. The molecule has 1 aromatic carbocycles. The number of hydrogen-bond donors (Lipinski definition) is 1. The van der Waals surface area contributed by atoms with Crippen molar-refractivity contribution in [3.05, 3.63) is 35.4 Å². The Kier molecular flexibility index (Phi) is 6.06. The van der Waals surface area contributed by atoms with Crippen LogP contribution in [0.5, 0.6) is 0 Å². The van der Waals surface area contributed by atoms with Crippen LogP contribution in [0.1, 0.15) is 57.2 Å².